The number of benzene rings is 1. The molecule has 0 aliphatic rings. The molecule has 0 saturated heterocycles. The second-order valence-corrected chi connectivity index (χ2v) is 4.89. The van der Waals surface area contributed by atoms with Gasteiger partial charge in [0.2, 0.25) is 10.0 Å². The second-order valence-electron chi connectivity index (χ2n) is 3.15. The first-order chi connectivity index (χ1) is 7.61. The summed E-state index contributed by atoms with van der Waals surface area (Å²) in [6.07, 6.45) is 0. The summed E-state index contributed by atoms with van der Waals surface area (Å²) in [5.41, 5.74) is 0. The van der Waals surface area contributed by atoms with E-state index in [0.717, 1.165) is 0 Å². The molecule has 1 aromatic rings. The maximum atomic E-state index is 11.9. The number of nitrogens with one attached hydrogen (secondary N) is 2. The molecule has 6 heteroatoms. The van der Waals surface area contributed by atoms with Crippen LogP contribution in [0.4, 0.5) is 0 Å². The summed E-state index contributed by atoms with van der Waals surface area (Å²) in [5, 5.41) is 2.86. The quantitative estimate of drug-likeness (QED) is 0.701. The van der Waals surface area contributed by atoms with Crippen molar-refractivity contribution in [3.05, 3.63) is 24.3 Å². The minimum absolute atomic E-state index is 0.161. The average Bonchev–Trinajstić information content (AvgIpc) is 2.29. The Labute approximate surface area is 95.9 Å². The molecule has 0 aliphatic heterocycles. The Hall–Kier alpha value is -1.11. The van der Waals surface area contributed by atoms with Gasteiger partial charge in [0, 0.05) is 13.1 Å². The number of likely N-dealkylation sites (N-methyl/N-ethyl adjacent to an activating group) is 1. The van der Waals surface area contributed by atoms with E-state index in [9.17, 15) is 8.42 Å². The fraction of sp³-hybridized carbons (Fsp3) is 0.400. The van der Waals surface area contributed by atoms with Crippen LogP contribution >= 0.6 is 0 Å². The lowest BCUT2D eigenvalue weighted by Crippen LogP contribution is -2.30. The van der Waals surface area contributed by atoms with Gasteiger partial charge in [-0.15, -0.1) is 0 Å². The molecule has 0 aromatic heterocycles. The van der Waals surface area contributed by atoms with Crippen LogP contribution in [0.25, 0.3) is 0 Å². The fourth-order valence-corrected chi connectivity index (χ4v) is 2.43. The zero-order valence-electron chi connectivity index (χ0n) is 9.36. The van der Waals surface area contributed by atoms with Crippen LogP contribution in [0.3, 0.4) is 0 Å². The minimum Gasteiger partial charge on any atom is -0.495 e. The van der Waals surface area contributed by atoms with E-state index in [4.69, 9.17) is 4.74 Å². The molecule has 0 heterocycles. The monoisotopic (exact) mass is 244 g/mol. The lowest BCUT2D eigenvalue weighted by Gasteiger charge is -2.09. The summed E-state index contributed by atoms with van der Waals surface area (Å²) in [5.74, 6) is 0.347. The number of rotatable bonds is 6. The smallest absolute Gasteiger partial charge is 0.244 e. The lowest BCUT2D eigenvalue weighted by molar-refractivity contribution is 0.402. The molecule has 0 aliphatic carbocycles. The summed E-state index contributed by atoms with van der Waals surface area (Å²) in [4.78, 5) is 0.161. The molecule has 2 N–H and O–H groups in total. The van der Waals surface area contributed by atoms with E-state index in [0.29, 0.717) is 18.8 Å². The topological polar surface area (TPSA) is 67.4 Å². The van der Waals surface area contributed by atoms with Crippen LogP contribution in [0.1, 0.15) is 0 Å². The second kappa shape index (κ2) is 5.83. The summed E-state index contributed by atoms with van der Waals surface area (Å²) < 4.78 is 31.2. The molecule has 0 fully saturated rings. The Morgan fingerprint density at radius 1 is 1.25 bits per heavy atom. The van der Waals surface area contributed by atoms with Crippen molar-refractivity contribution in [3.63, 3.8) is 0 Å². The highest BCUT2D eigenvalue weighted by Crippen LogP contribution is 2.22. The van der Waals surface area contributed by atoms with E-state index in [1.165, 1.54) is 13.2 Å². The third kappa shape index (κ3) is 3.19. The van der Waals surface area contributed by atoms with Gasteiger partial charge in [-0.25, -0.2) is 13.1 Å². The van der Waals surface area contributed by atoms with Crippen LogP contribution in [0.15, 0.2) is 29.2 Å². The van der Waals surface area contributed by atoms with Gasteiger partial charge in [-0.1, -0.05) is 12.1 Å². The Balaban J connectivity index is 2.89. The van der Waals surface area contributed by atoms with Crippen LogP contribution in [-0.2, 0) is 10.0 Å². The summed E-state index contributed by atoms with van der Waals surface area (Å²) in [6.45, 7) is 0.922. The Bertz CT molecular complexity index is 431. The van der Waals surface area contributed by atoms with Crippen molar-refractivity contribution in [1.29, 1.82) is 0 Å². The summed E-state index contributed by atoms with van der Waals surface area (Å²) in [7, 11) is -0.283. The predicted molar refractivity (Wildman–Crippen MR) is 62.1 cm³/mol. The molecule has 0 unspecified atom stereocenters. The summed E-state index contributed by atoms with van der Waals surface area (Å²) in [6, 6.07) is 6.52. The van der Waals surface area contributed by atoms with Gasteiger partial charge in [0.1, 0.15) is 10.6 Å². The van der Waals surface area contributed by atoms with Crippen molar-refractivity contribution < 1.29 is 13.2 Å². The van der Waals surface area contributed by atoms with Gasteiger partial charge < -0.3 is 10.1 Å². The Morgan fingerprint density at radius 3 is 2.56 bits per heavy atom. The van der Waals surface area contributed by atoms with Crippen molar-refractivity contribution in [1.82, 2.24) is 10.0 Å². The highest BCUT2D eigenvalue weighted by molar-refractivity contribution is 7.89. The van der Waals surface area contributed by atoms with Gasteiger partial charge in [-0.2, -0.15) is 0 Å². The minimum atomic E-state index is -3.49. The van der Waals surface area contributed by atoms with E-state index in [1.807, 2.05) is 0 Å². The van der Waals surface area contributed by atoms with Crippen LogP contribution in [0.5, 0.6) is 5.75 Å². The van der Waals surface area contributed by atoms with Crippen molar-refractivity contribution >= 4 is 10.0 Å². The van der Waals surface area contributed by atoms with Crippen LogP contribution in [-0.4, -0.2) is 35.7 Å². The predicted octanol–water partition coefficient (Wildman–Crippen LogP) is 0.193. The van der Waals surface area contributed by atoms with Gasteiger partial charge in [0.25, 0.3) is 0 Å². The van der Waals surface area contributed by atoms with Crippen molar-refractivity contribution in [2.75, 3.05) is 27.2 Å². The van der Waals surface area contributed by atoms with Crippen LogP contribution < -0.4 is 14.8 Å². The van der Waals surface area contributed by atoms with E-state index in [2.05, 4.69) is 10.0 Å². The van der Waals surface area contributed by atoms with Gasteiger partial charge >= 0.3 is 0 Å². The molecule has 0 bridgehead atoms. The highest BCUT2D eigenvalue weighted by atomic mass is 32.2. The SMILES string of the molecule is CNCCNS(=O)(=O)c1ccccc1OC. The van der Waals surface area contributed by atoms with Gasteiger partial charge in [0.15, 0.2) is 0 Å². The molecule has 16 heavy (non-hydrogen) atoms. The van der Waals surface area contributed by atoms with E-state index < -0.39 is 10.0 Å². The van der Waals surface area contributed by atoms with E-state index in [-0.39, 0.29) is 4.90 Å². The average molecular weight is 244 g/mol. The molecule has 90 valence electrons. The molecule has 0 radical (unpaired) electrons. The lowest BCUT2D eigenvalue weighted by atomic mass is 10.3. The van der Waals surface area contributed by atoms with E-state index >= 15 is 0 Å². The first kappa shape index (κ1) is 13.0. The molecule has 1 rings (SSSR count). The molecule has 0 spiro atoms. The van der Waals surface area contributed by atoms with Crippen molar-refractivity contribution in [2.24, 2.45) is 0 Å². The third-order valence-corrected chi connectivity index (χ3v) is 3.53. The van der Waals surface area contributed by atoms with Crippen LogP contribution in [0, 0.1) is 0 Å². The molecule has 0 amide bonds. The maximum absolute atomic E-state index is 11.9. The maximum Gasteiger partial charge on any atom is 0.244 e. The molecule has 5 nitrogen and oxygen atoms in total. The van der Waals surface area contributed by atoms with Crippen LogP contribution in [0.2, 0.25) is 0 Å². The first-order valence-electron chi connectivity index (χ1n) is 4.89. The largest absolute Gasteiger partial charge is 0.495 e. The Kier molecular flexibility index (Phi) is 4.72. The standard InChI is InChI=1S/C10H16N2O3S/c1-11-7-8-12-16(13,14)10-6-4-3-5-9(10)15-2/h3-6,11-12H,7-8H2,1-2H3. The molecule has 0 saturated carbocycles. The number of ether oxygens (including phenoxy) is 1. The zero-order valence-corrected chi connectivity index (χ0v) is 10.2. The number of hydrogen-bond donors (Lipinski definition) is 2. The van der Waals surface area contributed by atoms with Crippen molar-refractivity contribution in [2.45, 2.75) is 4.90 Å². The normalized spacial score (nSPS) is 11.4. The number of para-hydroxylation sites is 1. The highest BCUT2D eigenvalue weighted by Gasteiger charge is 2.17. The first-order valence-corrected chi connectivity index (χ1v) is 6.37. The zero-order chi connectivity index (χ0) is 12.0. The molecular formula is C10H16N2O3S. The number of hydrogen-bond acceptors (Lipinski definition) is 4. The molecule has 0 atom stereocenters. The third-order valence-electron chi connectivity index (χ3n) is 2.03. The number of sulfonamides is 1. The van der Waals surface area contributed by atoms with Gasteiger partial charge in [-0.05, 0) is 19.2 Å². The number of methoxy groups -OCH3 is 1. The van der Waals surface area contributed by atoms with Crippen molar-refractivity contribution in [3.8, 4) is 5.75 Å². The fourth-order valence-electron chi connectivity index (χ4n) is 1.23. The van der Waals surface area contributed by atoms with Gasteiger partial charge in [0.05, 0.1) is 7.11 Å². The molecule has 1 aromatic carbocycles. The van der Waals surface area contributed by atoms with E-state index in [1.54, 1.807) is 25.2 Å². The van der Waals surface area contributed by atoms with Gasteiger partial charge in [-0.3, -0.25) is 0 Å². The Morgan fingerprint density at radius 2 is 1.94 bits per heavy atom. The molecular weight excluding hydrogens is 228 g/mol. The summed E-state index contributed by atoms with van der Waals surface area (Å²) >= 11 is 0.